The highest BCUT2D eigenvalue weighted by Gasteiger charge is 2.36. The predicted octanol–water partition coefficient (Wildman–Crippen LogP) is 1.25. The lowest BCUT2D eigenvalue weighted by Crippen LogP contribution is -2.27. The Kier molecular flexibility index (Phi) is 3.13. The minimum absolute atomic E-state index is 0.0120. The molecule has 2 aliphatic rings. The van der Waals surface area contributed by atoms with Crippen LogP contribution in [0.4, 0.5) is 0 Å². The number of nitrogens with zero attached hydrogens (tertiary/aromatic N) is 2. The first-order chi connectivity index (χ1) is 10.1. The maximum Gasteiger partial charge on any atom is 0.259 e. The zero-order valence-corrected chi connectivity index (χ0v) is 13.2. The van der Waals surface area contributed by atoms with E-state index in [1.165, 1.54) is 4.88 Å². The predicted molar refractivity (Wildman–Crippen MR) is 84.8 cm³/mol. The van der Waals surface area contributed by atoms with Crippen molar-refractivity contribution < 1.29 is 0 Å². The molecule has 0 spiro atoms. The highest BCUT2D eigenvalue weighted by atomic mass is 32.1. The van der Waals surface area contributed by atoms with E-state index >= 15 is 0 Å². The van der Waals surface area contributed by atoms with Gasteiger partial charge in [-0.2, -0.15) is 0 Å². The number of aryl methyl sites for hydroxylation is 2. The summed E-state index contributed by atoms with van der Waals surface area (Å²) < 4.78 is 0. The van der Waals surface area contributed by atoms with Gasteiger partial charge >= 0.3 is 0 Å². The molecule has 0 amide bonds. The molecule has 2 saturated heterocycles. The van der Waals surface area contributed by atoms with Crippen LogP contribution in [0.3, 0.4) is 0 Å². The molecule has 2 aliphatic heterocycles. The average Bonchev–Trinajstić information content (AvgIpc) is 3.04. The molecule has 0 bridgehead atoms. The zero-order chi connectivity index (χ0) is 14.6. The number of hydrogen-bond donors (Lipinski definition) is 2. The summed E-state index contributed by atoms with van der Waals surface area (Å²) in [6.45, 7) is 9.30. The van der Waals surface area contributed by atoms with Crippen LogP contribution < -0.4 is 10.9 Å². The lowest BCUT2D eigenvalue weighted by atomic mass is 10.0. The van der Waals surface area contributed by atoms with Gasteiger partial charge in [-0.1, -0.05) is 0 Å². The normalized spacial score (nSPS) is 25.8. The molecule has 0 radical (unpaired) electrons. The van der Waals surface area contributed by atoms with Crippen LogP contribution in [0.25, 0.3) is 10.2 Å². The van der Waals surface area contributed by atoms with Crippen molar-refractivity contribution in [2.45, 2.75) is 20.4 Å². The summed E-state index contributed by atoms with van der Waals surface area (Å²) >= 11 is 1.62. The van der Waals surface area contributed by atoms with Crippen LogP contribution in [0.15, 0.2) is 4.79 Å². The summed E-state index contributed by atoms with van der Waals surface area (Å²) in [6, 6.07) is 0. The minimum Gasteiger partial charge on any atom is -0.316 e. The summed E-state index contributed by atoms with van der Waals surface area (Å²) in [5.74, 6) is 2.35. The summed E-state index contributed by atoms with van der Waals surface area (Å²) in [4.78, 5) is 24.4. The van der Waals surface area contributed by atoms with Gasteiger partial charge in [0.15, 0.2) is 0 Å². The second kappa shape index (κ2) is 4.90. The standard InChI is InChI=1S/C15H20N4OS/c1-8-9(2)21-15-13(8)14(20)17-12(18-15)7-19-5-10-3-16-4-11(10)6-19/h10-11,16H,3-7H2,1-2H3,(H,17,18,20). The average molecular weight is 304 g/mol. The van der Waals surface area contributed by atoms with E-state index < -0.39 is 0 Å². The van der Waals surface area contributed by atoms with Gasteiger partial charge in [0.1, 0.15) is 10.7 Å². The smallest absolute Gasteiger partial charge is 0.259 e. The van der Waals surface area contributed by atoms with Crippen LogP contribution >= 0.6 is 11.3 Å². The maximum absolute atomic E-state index is 12.3. The molecule has 21 heavy (non-hydrogen) atoms. The van der Waals surface area contributed by atoms with Gasteiger partial charge in [0.05, 0.1) is 11.9 Å². The third-order valence-corrected chi connectivity index (χ3v) is 6.03. The molecule has 4 heterocycles. The van der Waals surface area contributed by atoms with Gasteiger partial charge in [-0.05, 0) is 44.3 Å². The molecule has 112 valence electrons. The molecule has 2 aromatic heterocycles. The van der Waals surface area contributed by atoms with Crippen molar-refractivity contribution in [2.24, 2.45) is 11.8 Å². The van der Waals surface area contributed by atoms with Crippen molar-refractivity contribution in [1.82, 2.24) is 20.2 Å². The summed E-state index contributed by atoms with van der Waals surface area (Å²) in [5, 5.41) is 4.22. The van der Waals surface area contributed by atoms with E-state index in [0.29, 0.717) is 0 Å². The number of rotatable bonds is 2. The van der Waals surface area contributed by atoms with Crippen LogP contribution in [0.2, 0.25) is 0 Å². The molecular weight excluding hydrogens is 284 g/mol. The molecule has 6 heteroatoms. The fourth-order valence-corrected chi connectivity index (χ4v) is 4.72. The largest absolute Gasteiger partial charge is 0.316 e. The number of likely N-dealkylation sites (tertiary alicyclic amines) is 1. The van der Waals surface area contributed by atoms with E-state index in [1.54, 1.807) is 11.3 Å². The van der Waals surface area contributed by atoms with Crippen molar-refractivity contribution in [2.75, 3.05) is 26.2 Å². The monoisotopic (exact) mass is 304 g/mol. The number of aromatic nitrogens is 2. The molecule has 2 unspecified atom stereocenters. The third kappa shape index (κ3) is 2.22. The molecule has 2 N–H and O–H groups in total. The molecule has 2 atom stereocenters. The lowest BCUT2D eigenvalue weighted by Gasteiger charge is -2.15. The van der Waals surface area contributed by atoms with E-state index in [4.69, 9.17) is 0 Å². The van der Waals surface area contributed by atoms with Gasteiger partial charge in [-0.3, -0.25) is 9.69 Å². The first-order valence-electron chi connectivity index (χ1n) is 7.54. The number of thiophene rings is 1. The summed E-state index contributed by atoms with van der Waals surface area (Å²) in [6.07, 6.45) is 0. The quantitative estimate of drug-likeness (QED) is 0.877. The molecular formula is C15H20N4OS. The second-order valence-electron chi connectivity index (χ2n) is 6.35. The number of H-pyrrole nitrogens is 1. The second-order valence-corrected chi connectivity index (χ2v) is 7.55. The highest BCUT2D eigenvalue weighted by Crippen LogP contribution is 2.28. The topological polar surface area (TPSA) is 61.0 Å². The Bertz CT molecular complexity index is 738. The fraction of sp³-hybridized carbons (Fsp3) is 0.600. The molecule has 2 fully saturated rings. The van der Waals surface area contributed by atoms with Crippen LogP contribution in [-0.2, 0) is 6.54 Å². The number of nitrogens with one attached hydrogen (secondary N) is 2. The molecule has 0 aromatic carbocycles. The Morgan fingerprint density at radius 1 is 1.29 bits per heavy atom. The zero-order valence-electron chi connectivity index (χ0n) is 12.4. The van der Waals surface area contributed by atoms with E-state index in [2.05, 4.69) is 27.1 Å². The fourth-order valence-electron chi connectivity index (χ4n) is 3.67. The van der Waals surface area contributed by atoms with E-state index in [0.717, 1.165) is 66.2 Å². The highest BCUT2D eigenvalue weighted by molar-refractivity contribution is 7.18. The van der Waals surface area contributed by atoms with Crippen molar-refractivity contribution in [3.8, 4) is 0 Å². The van der Waals surface area contributed by atoms with Crippen LogP contribution in [0.5, 0.6) is 0 Å². The Balaban J connectivity index is 1.61. The Labute approximate surface area is 127 Å². The van der Waals surface area contributed by atoms with Gasteiger partial charge < -0.3 is 10.3 Å². The summed E-state index contributed by atoms with van der Waals surface area (Å²) in [7, 11) is 0. The SMILES string of the molecule is Cc1sc2nc(CN3CC4CNCC4C3)[nH]c(=O)c2c1C. The van der Waals surface area contributed by atoms with Crippen molar-refractivity contribution in [1.29, 1.82) is 0 Å². The van der Waals surface area contributed by atoms with Crippen LogP contribution in [0.1, 0.15) is 16.3 Å². The van der Waals surface area contributed by atoms with Crippen LogP contribution in [0, 0.1) is 25.7 Å². The van der Waals surface area contributed by atoms with Gasteiger partial charge in [0, 0.05) is 18.0 Å². The van der Waals surface area contributed by atoms with Gasteiger partial charge in [0.25, 0.3) is 5.56 Å². The molecule has 0 saturated carbocycles. The van der Waals surface area contributed by atoms with Crippen molar-refractivity contribution in [3.63, 3.8) is 0 Å². The molecule has 5 nitrogen and oxygen atoms in total. The van der Waals surface area contributed by atoms with E-state index in [-0.39, 0.29) is 5.56 Å². The van der Waals surface area contributed by atoms with Crippen LogP contribution in [-0.4, -0.2) is 41.0 Å². The minimum atomic E-state index is 0.0120. The molecule has 0 aliphatic carbocycles. The number of aromatic amines is 1. The first-order valence-corrected chi connectivity index (χ1v) is 8.35. The number of fused-ring (bicyclic) bond motifs is 2. The maximum atomic E-state index is 12.3. The Morgan fingerprint density at radius 3 is 2.71 bits per heavy atom. The van der Waals surface area contributed by atoms with Crippen molar-refractivity contribution >= 4 is 21.6 Å². The van der Waals surface area contributed by atoms with Crippen molar-refractivity contribution in [3.05, 3.63) is 26.6 Å². The van der Waals surface area contributed by atoms with E-state index in [9.17, 15) is 4.79 Å². The van der Waals surface area contributed by atoms with E-state index in [1.807, 2.05) is 6.92 Å². The first kappa shape index (κ1) is 13.4. The molecule has 2 aromatic rings. The van der Waals surface area contributed by atoms with Gasteiger partial charge in [-0.15, -0.1) is 11.3 Å². The Hall–Kier alpha value is -1.24. The molecule has 4 rings (SSSR count). The Morgan fingerprint density at radius 2 is 2.00 bits per heavy atom. The summed E-state index contributed by atoms with van der Waals surface area (Å²) in [5.41, 5.74) is 1.08. The van der Waals surface area contributed by atoms with Gasteiger partial charge in [-0.25, -0.2) is 4.98 Å². The number of hydrogen-bond acceptors (Lipinski definition) is 5. The third-order valence-electron chi connectivity index (χ3n) is 4.93. The lowest BCUT2D eigenvalue weighted by molar-refractivity contribution is 0.298. The van der Waals surface area contributed by atoms with Gasteiger partial charge in [0.2, 0.25) is 0 Å².